The van der Waals surface area contributed by atoms with E-state index in [2.05, 4.69) is 39.6 Å². The highest BCUT2D eigenvalue weighted by Gasteiger charge is 2.33. The highest BCUT2D eigenvalue weighted by atomic mass is 15.3. The SMILES string of the molecule is c1ccc(-n2cccn2)c(CNC2CCN3CCC2C3)c1. The Morgan fingerprint density at radius 2 is 2.05 bits per heavy atom. The van der Waals surface area contributed by atoms with Crippen LogP contribution in [0.15, 0.2) is 42.7 Å². The van der Waals surface area contributed by atoms with E-state index in [9.17, 15) is 0 Å². The molecule has 110 valence electrons. The Balaban J connectivity index is 1.48. The maximum Gasteiger partial charge on any atom is 0.0690 e. The lowest BCUT2D eigenvalue weighted by Gasteiger charge is -2.31. The lowest BCUT2D eigenvalue weighted by Crippen LogP contribution is -2.43. The number of benzene rings is 1. The average molecular weight is 282 g/mol. The second-order valence-electron chi connectivity index (χ2n) is 6.20. The van der Waals surface area contributed by atoms with Crippen LogP contribution in [0.1, 0.15) is 18.4 Å². The molecule has 0 spiro atoms. The summed E-state index contributed by atoms with van der Waals surface area (Å²) in [6, 6.07) is 11.2. The van der Waals surface area contributed by atoms with E-state index in [0.717, 1.165) is 12.5 Å². The van der Waals surface area contributed by atoms with Crippen molar-refractivity contribution in [3.63, 3.8) is 0 Å². The number of aromatic nitrogens is 2. The van der Waals surface area contributed by atoms with Crippen LogP contribution in [-0.2, 0) is 6.54 Å². The van der Waals surface area contributed by atoms with Gasteiger partial charge in [0.2, 0.25) is 0 Å². The first-order valence-electron chi connectivity index (χ1n) is 7.94. The highest BCUT2D eigenvalue weighted by molar-refractivity contribution is 5.40. The van der Waals surface area contributed by atoms with Gasteiger partial charge < -0.3 is 10.2 Å². The third-order valence-corrected chi connectivity index (χ3v) is 4.93. The zero-order valence-electron chi connectivity index (χ0n) is 12.3. The van der Waals surface area contributed by atoms with Gasteiger partial charge in [-0.2, -0.15) is 5.10 Å². The lowest BCUT2D eigenvalue weighted by atomic mass is 9.94. The largest absolute Gasteiger partial charge is 0.309 e. The third kappa shape index (κ3) is 2.61. The van der Waals surface area contributed by atoms with E-state index in [0.29, 0.717) is 6.04 Å². The summed E-state index contributed by atoms with van der Waals surface area (Å²) >= 11 is 0. The van der Waals surface area contributed by atoms with Crippen LogP contribution in [0.4, 0.5) is 0 Å². The quantitative estimate of drug-likeness (QED) is 0.932. The molecule has 2 saturated heterocycles. The number of fused-ring (bicyclic) bond motifs is 2. The van der Waals surface area contributed by atoms with Gasteiger partial charge in [0.1, 0.15) is 0 Å². The summed E-state index contributed by atoms with van der Waals surface area (Å²) in [4.78, 5) is 2.60. The smallest absolute Gasteiger partial charge is 0.0690 e. The molecule has 2 fully saturated rings. The van der Waals surface area contributed by atoms with E-state index in [1.807, 2.05) is 23.1 Å². The molecule has 2 aliphatic rings. The summed E-state index contributed by atoms with van der Waals surface area (Å²) in [6.07, 6.45) is 6.49. The van der Waals surface area contributed by atoms with Crippen LogP contribution >= 0.6 is 0 Å². The second kappa shape index (κ2) is 5.62. The van der Waals surface area contributed by atoms with Gasteiger partial charge in [0, 0.05) is 31.5 Å². The molecule has 3 unspecified atom stereocenters. The maximum atomic E-state index is 4.36. The van der Waals surface area contributed by atoms with E-state index in [-0.39, 0.29) is 0 Å². The fraction of sp³-hybridized carbons (Fsp3) is 0.471. The zero-order valence-corrected chi connectivity index (χ0v) is 12.3. The van der Waals surface area contributed by atoms with Gasteiger partial charge in [-0.1, -0.05) is 18.2 Å². The van der Waals surface area contributed by atoms with Crippen molar-refractivity contribution in [3.05, 3.63) is 48.3 Å². The molecule has 1 aromatic carbocycles. The van der Waals surface area contributed by atoms with E-state index in [1.165, 1.54) is 43.7 Å². The number of para-hydroxylation sites is 1. The predicted molar refractivity (Wildman–Crippen MR) is 83.4 cm³/mol. The third-order valence-electron chi connectivity index (χ3n) is 4.93. The Hall–Kier alpha value is -1.65. The molecule has 3 atom stereocenters. The molecule has 4 nitrogen and oxygen atoms in total. The Morgan fingerprint density at radius 1 is 1.14 bits per heavy atom. The molecule has 0 amide bonds. The van der Waals surface area contributed by atoms with Gasteiger partial charge in [0.15, 0.2) is 0 Å². The van der Waals surface area contributed by atoms with Crippen molar-refractivity contribution in [2.24, 2.45) is 5.92 Å². The van der Waals surface area contributed by atoms with Gasteiger partial charge in [0.25, 0.3) is 0 Å². The topological polar surface area (TPSA) is 33.1 Å². The highest BCUT2D eigenvalue weighted by Crippen LogP contribution is 2.27. The van der Waals surface area contributed by atoms with Crippen LogP contribution in [0.2, 0.25) is 0 Å². The molecule has 21 heavy (non-hydrogen) atoms. The Bertz CT molecular complexity index is 593. The van der Waals surface area contributed by atoms with Crippen LogP contribution < -0.4 is 5.32 Å². The molecule has 0 aliphatic carbocycles. The van der Waals surface area contributed by atoms with Crippen molar-refractivity contribution < 1.29 is 0 Å². The first kappa shape index (κ1) is 13.0. The lowest BCUT2D eigenvalue weighted by molar-refractivity contribution is 0.220. The molecule has 3 heterocycles. The fourth-order valence-corrected chi connectivity index (χ4v) is 3.76. The summed E-state index contributed by atoms with van der Waals surface area (Å²) in [5, 5.41) is 8.16. The fourth-order valence-electron chi connectivity index (χ4n) is 3.76. The van der Waals surface area contributed by atoms with Crippen LogP contribution in [0.25, 0.3) is 5.69 Å². The molecular weight excluding hydrogens is 260 g/mol. The van der Waals surface area contributed by atoms with Crippen molar-refractivity contribution in [2.45, 2.75) is 25.4 Å². The van der Waals surface area contributed by atoms with E-state index >= 15 is 0 Å². The monoisotopic (exact) mass is 282 g/mol. The molecular formula is C17H22N4. The van der Waals surface area contributed by atoms with Crippen molar-refractivity contribution in [2.75, 3.05) is 19.6 Å². The maximum absolute atomic E-state index is 4.36. The van der Waals surface area contributed by atoms with Crippen LogP contribution in [0.5, 0.6) is 0 Å². The van der Waals surface area contributed by atoms with Crippen molar-refractivity contribution in [3.8, 4) is 5.69 Å². The van der Waals surface area contributed by atoms with Gasteiger partial charge in [-0.05, 0) is 49.5 Å². The van der Waals surface area contributed by atoms with Gasteiger partial charge in [0.05, 0.1) is 5.69 Å². The minimum atomic E-state index is 0.675. The van der Waals surface area contributed by atoms with Gasteiger partial charge in [-0.3, -0.25) is 0 Å². The molecule has 4 heteroatoms. The summed E-state index contributed by atoms with van der Waals surface area (Å²) in [7, 11) is 0. The molecule has 2 bridgehead atoms. The van der Waals surface area contributed by atoms with Crippen LogP contribution in [0, 0.1) is 5.92 Å². The number of nitrogens with one attached hydrogen (secondary N) is 1. The molecule has 4 rings (SSSR count). The second-order valence-corrected chi connectivity index (χ2v) is 6.20. The number of nitrogens with zero attached hydrogens (tertiary/aromatic N) is 3. The van der Waals surface area contributed by atoms with Crippen molar-refractivity contribution >= 4 is 0 Å². The van der Waals surface area contributed by atoms with Gasteiger partial charge >= 0.3 is 0 Å². The minimum absolute atomic E-state index is 0.675. The summed E-state index contributed by atoms with van der Waals surface area (Å²) < 4.78 is 1.95. The molecule has 1 aromatic heterocycles. The van der Waals surface area contributed by atoms with Crippen LogP contribution in [-0.4, -0.2) is 40.4 Å². The standard InChI is InChI=1S/C17H22N4/c1-2-5-17(21-9-3-8-19-21)14(4-1)12-18-16-7-11-20-10-6-15(16)13-20/h1-5,8-9,15-16,18H,6-7,10-13H2. The Morgan fingerprint density at radius 3 is 2.95 bits per heavy atom. The summed E-state index contributed by atoms with van der Waals surface area (Å²) in [5.41, 5.74) is 2.50. The Labute approximate surface area is 125 Å². The van der Waals surface area contributed by atoms with Gasteiger partial charge in [-0.25, -0.2) is 4.68 Å². The zero-order chi connectivity index (χ0) is 14.1. The molecule has 2 aliphatic heterocycles. The number of rotatable bonds is 4. The summed E-state index contributed by atoms with van der Waals surface area (Å²) in [6.45, 7) is 4.78. The normalized spacial score (nSPS) is 27.9. The molecule has 0 radical (unpaired) electrons. The average Bonchev–Trinajstić information content (AvgIpc) is 3.17. The first-order valence-corrected chi connectivity index (χ1v) is 7.94. The van der Waals surface area contributed by atoms with Crippen molar-refractivity contribution in [1.29, 1.82) is 0 Å². The van der Waals surface area contributed by atoms with Crippen LogP contribution in [0.3, 0.4) is 0 Å². The molecule has 1 N–H and O–H groups in total. The van der Waals surface area contributed by atoms with E-state index in [1.54, 1.807) is 0 Å². The first-order chi connectivity index (χ1) is 10.4. The molecule has 0 saturated carbocycles. The number of hydrogen-bond donors (Lipinski definition) is 1. The van der Waals surface area contributed by atoms with Crippen molar-refractivity contribution in [1.82, 2.24) is 20.0 Å². The molecule has 2 aromatic rings. The summed E-state index contributed by atoms with van der Waals surface area (Å²) in [5.74, 6) is 0.843. The van der Waals surface area contributed by atoms with E-state index < -0.39 is 0 Å². The Kier molecular flexibility index (Phi) is 3.49. The number of hydrogen-bond acceptors (Lipinski definition) is 3. The van der Waals surface area contributed by atoms with Gasteiger partial charge in [-0.15, -0.1) is 0 Å². The predicted octanol–water partition coefficient (Wildman–Crippen LogP) is 2.06. The minimum Gasteiger partial charge on any atom is -0.309 e. The van der Waals surface area contributed by atoms with E-state index in [4.69, 9.17) is 0 Å². The number of piperidine rings is 1.